The second kappa shape index (κ2) is 7.90. The number of aromatic nitrogens is 2. The molecule has 0 bridgehead atoms. The first-order chi connectivity index (χ1) is 13.2. The van der Waals surface area contributed by atoms with Gasteiger partial charge in [-0.1, -0.05) is 24.3 Å². The molecule has 2 N–H and O–H groups in total. The molecule has 0 saturated carbocycles. The van der Waals surface area contributed by atoms with Crippen molar-refractivity contribution in [3.63, 3.8) is 0 Å². The van der Waals surface area contributed by atoms with E-state index in [1.165, 1.54) is 0 Å². The summed E-state index contributed by atoms with van der Waals surface area (Å²) in [5.41, 5.74) is 2.93. The van der Waals surface area contributed by atoms with Gasteiger partial charge in [-0.25, -0.2) is 0 Å². The number of carboxylic acid groups (broad SMARTS) is 1. The molecule has 1 aliphatic rings. The van der Waals surface area contributed by atoms with Crippen molar-refractivity contribution in [3.8, 4) is 0 Å². The van der Waals surface area contributed by atoms with Crippen LogP contribution in [0.5, 0.6) is 0 Å². The highest BCUT2D eigenvalue weighted by Gasteiger charge is 2.31. The fourth-order valence-corrected chi connectivity index (χ4v) is 3.87. The van der Waals surface area contributed by atoms with Gasteiger partial charge in [-0.3, -0.25) is 14.7 Å². The molecule has 6 heteroatoms. The Labute approximate surface area is 158 Å². The summed E-state index contributed by atoms with van der Waals surface area (Å²) >= 11 is 0. The molecule has 1 atom stereocenters. The minimum absolute atomic E-state index is 0.612. The van der Waals surface area contributed by atoms with Gasteiger partial charge < -0.3 is 15.0 Å². The van der Waals surface area contributed by atoms with Crippen LogP contribution in [-0.4, -0.2) is 63.6 Å². The maximum Gasteiger partial charge on any atom is 0.325 e. The number of hydrogen-bond acceptors (Lipinski definition) is 4. The minimum Gasteiger partial charge on any atom is -0.480 e. The van der Waals surface area contributed by atoms with Gasteiger partial charge in [-0.05, 0) is 18.2 Å². The fourth-order valence-electron chi connectivity index (χ4n) is 3.87. The molecule has 3 aromatic rings. The van der Waals surface area contributed by atoms with Gasteiger partial charge in [0.05, 0.1) is 0 Å². The van der Waals surface area contributed by atoms with Crippen molar-refractivity contribution in [2.24, 2.45) is 0 Å². The number of carboxylic acids is 1. The number of pyridine rings is 1. The monoisotopic (exact) mass is 364 g/mol. The van der Waals surface area contributed by atoms with Crippen LogP contribution < -0.4 is 0 Å². The Bertz CT molecular complexity index is 901. The SMILES string of the molecule is O=C(O)C(c1c[nH]c2ccccc12)N1CCN(CCc2ccccn2)CC1. The zero-order chi connectivity index (χ0) is 18.6. The summed E-state index contributed by atoms with van der Waals surface area (Å²) in [6, 6.07) is 13.3. The van der Waals surface area contributed by atoms with Crippen LogP contribution in [0.15, 0.2) is 54.9 Å². The highest BCUT2D eigenvalue weighted by Crippen LogP contribution is 2.29. The number of nitrogens with zero attached hydrogens (tertiary/aromatic N) is 3. The highest BCUT2D eigenvalue weighted by molar-refractivity contribution is 5.89. The largest absolute Gasteiger partial charge is 0.480 e. The number of rotatable bonds is 6. The van der Waals surface area contributed by atoms with Gasteiger partial charge in [0.1, 0.15) is 6.04 Å². The molecule has 0 aliphatic carbocycles. The average molecular weight is 364 g/mol. The van der Waals surface area contributed by atoms with Crippen LogP contribution >= 0.6 is 0 Å². The normalized spacial score (nSPS) is 17.2. The van der Waals surface area contributed by atoms with Crippen molar-refractivity contribution in [1.29, 1.82) is 0 Å². The number of carbonyl (C=O) groups is 1. The van der Waals surface area contributed by atoms with Gasteiger partial charge >= 0.3 is 5.97 Å². The Morgan fingerprint density at radius 1 is 1.11 bits per heavy atom. The molecule has 6 nitrogen and oxygen atoms in total. The smallest absolute Gasteiger partial charge is 0.325 e. The van der Waals surface area contributed by atoms with Gasteiger partial charge in [0.15, 0.2) is 0 Å². The van der Waals surface area contributed by atoms with Crippen LogP contribution in [0.1, 0.15) is 17.3 Å². The van der Waals surface area contributed by atoms with Crippen LogP contribution in [0, 0.1) is 0 Å². The van der Waals surface area contributed by atoms with E-state index in [1.807, 2.05) is 54.9 Å². The first kappa shape index (κ1) is 17.7. The summed E-state index contributed by atoms with van der Waals surface area (Å²) in [4.78, 5) is 24.1. The molecular formula is C21H24N4O2. The zero-order valence-electron chi connectivity index (χ0n) is 15.2. The first-order valence-corrected chi connectivity index (χ1v) is 9.37. The molecule has 1 aliphatic heterocycles. The molecule has 27 heavy (non-hydrogen) atoms. The van der Waals surface area contributed by atoms with E-state index in [-0.39, 0.29) is 0 Å². The topological polar surface area (TPSA) is 72.5 Å². The summed E-state index contributed by atoms with van der Waals surface area (Å²) in [5.74, 6) is -0.790. The van der Waals surface area contributed by atoms with E-state index in [0.29, 0.717) is 0 Å². The lowest BCUT2D eigenvalue weighted by molar-refractivity contribution is -0.144. The van der Waals surface area contributed by atoms with Crippen LogP contribution in [0.25, 0.3) is 10.9 Å². The standard InChI is InChI=1S/C21H24N4O2/c26-21(27)20(18-15-23-19-7-2-1-6-17(18)19)25-13-11-24(12-14-25)10-8-16-5-3-4-9-22-16/h1-7,9,15,20,23H,8,10-14H2,(H,26,27). The number of aliphatic carboxylic acids is 1. The number of H-pyrrole nitrogens is 1. The highest BCUT2D eigenvalue weighted by atomic mass is 16.4. The number of para-hydroxylation sites is 1. The van der Waals surface area contributed by atoms with Crippen molar-refractivity contribution in [2.45, 2.75) is 12.5 Å². The van der Waals surface area contributed by atoms with Crippen molar-refractivity contribution < 1.29 is 9.90 Å². The third kappa shape index (κ3) is 3.86. The van der Waals surface area contributed by atoms with Crippen LogP contribution in [-0.2, 0) is 11.2 Å². The molecule has 1 unspecified atom stereocenters. The van der Waals surface area contributed by atoms with E-state index in [9.17, 15) is 9.90 Å². The first-order valence-electron chi connectivity index (χ1n) is 9.37. The number of piperazine rings is 1. The lowest BCUT2D eigenvalue weighted by atomic mass is 10.0. The predicted molar refractivity (Wildman–Crippen MR) is 105 cm³/mol. The molecule has 4 rings (SSSR count). The van der Waals surface area contributed by atoms with Crippen LogP contribution in [0.3, 0.4) is 0 Å². The number of hydrogen-bond donors (Lipinski definition) is 2. The second-order valence-corrected chi connectivity index (χ2v) is 6.98. The van der Waals surface area contributed by atoms with Gasteiger partial charge in [0.25, 0.3) is 0 Å². The summed E-state index contributed by atoms with van der Waals surface area (Å²) in [6.07, 6.45) is 4.59. The third-order valence-corrected chi connectivity index (χ3v) is 5.33. The number of aromatic amines is 1. The second-order valence-electron chi connectivity index (χ2n) is 6.98. The molecule has 140 valence electrons. The summed E-state index contributed by atoms with van der Waals surface area (Å²) < 4.78 is 0. The molecule has 3 heterocycles. The quantitative estimate of drug-likeness (QED) is 0.703. The van der Waals surface area contributed by atoms with Gasteiger partial charge in [0, 0.05) is 73.7 Å². The molecule has 0 radical (unpaired) electrons. The molecule has 0 spiro atoms. The van der Waals surface area contributed by atoms with E-state index in [2.05, 4.69) is 19.8 Å². The Balaban J connectivity index is 1.41. The van der Waals surface area contributed by atoms with Crippen molar-refractivity contribution in [3.05, 3.63) is 66.1 Å². The molecular weight excluding hydrogens is 340 g/mol. The van der Waals surface area contributed by atoms with E-state index in [1.54, 1.807) is 0 Å². The van der Waals surface area contributed by atoms with E-state index in [4.69, 9.17) is 0 Å². The van der Waals surface area contributed by atoms with Crippen molar-refractivity contribution in [2.75, 3.05) is 32.7 Å². The lowest BCUT2D eigenvalue weighted by Gasteiger charge is -2.37. The number of fused-ring (bicyclic) bond motifs is 1. The van der Waals surface area contributed by atoms with E-state index in [0.717, 1.165) is 61.3 Å². The summed E-state index contributed by atoms with van der Waals surface area (Å²) in [6.45, 7) is 4.20. The third-order valence-electron chi connectivity index (χ3n) is 5.33. The number of nitrogens with one attached hydrogen (secondary N) is 1. The average Bonchev–Trinajstić information content (AvgIpc) is 3.12. The maximum atomic E-state index is 12.1. The van der Waals surface area contributed by atoms with Gasteiger partial charge in [0.2, 0.25) is 0 Å². The molecule has 1 fully saturated rings. The Morgan fingerprint density at radius 3 is 2.63 bits per heavy atom. The minimum atomic E-state index is -0.790. The number of benzene rings is 1. The molecule has 0 amide bonds. The van der Waals surface area contributed by atoms with E-state index >= 15 is 0 Å². The zero-order valence-corrected chi connectivity index (χ0v) is 15.2. The maximum absolute atomic E-state index is 12.1. The Morgan fingerprint density at radius 2 is 1.89 bits per heavy atom. The molecule has 1 aromatic carbocycles. The fraction of sp³-hybridized carbons (Fsp3) is 0.333. The van der Waals surface area contributed by atoms with Gasteiger partial charge in [-0.15, -0.1) is 0 Å². The van der Waals surface area contributed by atoms with Crippen LogP contribution in [0.2, 0.25) is 0 Å². The van der Waals surface area contributed by atoms with Crippen molar-refractivity contribution >= 4 is 16.9 Å². The van der Waals surface area contributed by atoms with Gasteiger partial charge in [-0.2, -0.15) is 0 Å². The summed E-state index contributed by atoms with van der Waals surface area (Å²) in [7, 11) is 0. The predicted octanol–water partition coefficient (Wildman–Crippen LogP) is 2.55. The Kier molecular flexibility index (Phi) is 5.18. The molecule has 2 aromatic heterocycles. The molecule has 1 saturated heterocycles. The lowest BCUT2D eigenvalue weighted by Crippen LogP contribution is -2.49. The Hall–Kier alpha value is -2.70. The van der Waals surface area contributed by atoms with E-state index < -0.39 is 12.0 Å². The van der Waals surface area contributed by atoms with Crippen LogP contribution in [0.4, 0.5) is 0 Å². The summed E-state index contributed by atoms with van der Waals surface area (Å²) in [5, 5.41) is 10.9. The van der Waals surface area contributed by atoms with Crippen molar-refractivity contribution in [1.82, 2.24) is 19.8 Å².